The van der Waals surface area contributed by atoms with Gasteiger partial charge in [-0.3, -0.25) is 0 Å². The van der Waals surface area contributed by atoms with Crippen molar-refractivity contribution in [2.75, 3.05) is 5.32 Å². The van der Waals surface area contributed by atoms with E-state index in [4.69, 9.17) is 0 Å². The third-order valence-electron chi connectivity index (χ3n) is 3.07. The molecule has 1 saturated carbocycles. The Morgan fingerprint density at radius 1 is 1.12 bits per heavy atom. The minimum Gasteiger partial charge on any atom is -0.340 e. The Labute approximate surface area is 102 Å². The number of rotatable bonds is 3. The molecular weight excluding hydrogens is 208 g/mol. The van der Waals surface area contributed by atoms with Crippen molar-refractivity contribution < 1.29 is 0 Å². The van der Waals surface area contributed by atoms with Crippen LogP contribution in [-0.2, 0) is 0 Å². The average Bonchev–Trinajstić information content (AvgIpc) is 3.13. The smallest absolute Gasteiger partial charge is 0.130 e. The van der Waals surface area contributed by atoms with E-state index in [-0.39, 0.29) is 0 Å². The number of nitrogens with zero attached hydrogens (tertiary/aromatic N) is 1. The zero-order valence-corrected chi connectivity index (χ0v) is 9.98. The van der Waals surface area contributed by atoms with Crippen molar-refractivity contribution in [3.8, 4) is 0 Å². The van der Waals surface area contributed by atoms with Gasteiger partial charge in [-0.05, 0) is 55.5 Å². The molecule has 0 spiro atoms. The zero-order valence-electron chi connectivity index (χ0n) is 9.98. The van der Waals surface area contributed by atoms with Gasteiger partial charge in [-0.1, -0.05) is 18.2 Å². The monoisotopic (exact) mass is 224 g/mol. The third kappa shape index (κ3) is 2.47. The second-order valence-electron chi connectivity index (χ2n) is 4.69. The van der Waals surface area contributed by atoms with Crippen LogP contribution >= 0.6 is 0 Å². The standard InChI is InChI=1S/C15H16N2/c1-11-9-13(12-7-8-12)10-15(16-11)17-14-5-3-2-4-6-14/h2-6,9-10,12H,7-8H2,1H3,(H,16,17). The van der Waals surface area contributed by atoms with Gasteiger partial charge in [0.05, 0.1) is 0 Å². The highest BCUT2D eigenvalue weighted by Crippen LogP contribution is 2.40. The van der Waals surface area contributed by atoms with Crippen molar-refractivity contribution >= 4 is 11.5 Å². The number of benzene rings is 1. The SMILES string of the molecule is Cc1cc(C2CC2)cc(Nc2ccccc2)n1. The van der Waals surface area contributed by atoms with Gasteiger partial charge in [-0.2, -0.15) is 0 Å². The first-order valence-corrected chi connectivity index (χ1v) is 6.12. The van der Waals surface area contributed by atoms with E-state index >= 15 is 0 Å². The first kappa shape index (κ1) is 10.3. The number of aryl methyl sites for hydroxylation is 1. The Morgan fingerprint density at radius 3 is 2.59 bits per heavy atom. The summed E-state index contributed by atoms with van der Waals surface area (Å²) < 4.78 is 0. The average molecular weight is 224 g/mol. The quantitative estimate of drug-likeness (QED) is 0.852. The maximum atomic E-state index is 4.53. The normalized spacial score (nSPS) is 14.6. The highest BCUT2D eigenvalue weighted by atomic mass is 15.0. The molecule has 1 aromatic carbocycles. The van der Waals surface area contributed by atoms with Crippen molar-refractivity contribution in [1.29, 1.82) is 0 Å². The third-order valence-corrected chi connectivity index (χ3v) is 3.07. The van der Waals surface area contributed by atoms with Gasteiger partial charge >= 0.3 is 0 Å². The molecule has 2 nitrogen and oxygen atoms in total. The van der Waals surface area contributed by atoms with Crippen LogP contribution in [0.3, 0.4) is 0 Å². The summed E-state index contributed by atoms with van der Waals surface area (Å²) in [5.41, 5.74) is 3.61. The zero-order chi connectivity index (χ0) is 11.7. The van der Waals surface area contributed by atoms with E-state index in [9.17, 15) is 0 Å². The van der Waals surface area contributed by atoms with Crippen molar-refractivity contribution in [3.63, 3.8) is 0 Å². The molecule has 0 bridgehead atoms. The Morgan fingerprint density at radius 2 is 1.88 bits per heavy atom. The van der Waals surface area contributed by atoms with Crippen LogP contribution in [0.15, 0.2) is 42.5 Å². The molecule has 1 heterocycles. The van der Waals surface area contributed by atoms with Gasteiger partial charge in [-0.25, -0.2) is 4.98 Å². The molecule has 17 heavy (non-hydrogen) atoms. The Kier molecular flexibility index (Phi) is 2.56. The largest absolute Gasteiger partial charge is 0.340 e. The summed E-state index contributed by atoms with van der Waals surface area (Å²) in [5.74, 6) is 1.73. The predicted molar refractivity (Wildman–Crippen MR) is 70.7 cm³/mol. The summed E-state index contributed by atoms with van der Waals surface area (Å²) in [6.45, 7) is 2.06. The molecule has 1 aliphatic carbocycles. The van der Waals surface area contributed by atoms with Crippen molar-refractivity contribution in [3.05, 3.63) is 53.7 Å². The highest BCUT2D eigenvalue weighted by molar-refractivity contribution is 5.57. The van der Waals surface area contributed by atoms with E-state index in [1.807, 2.05) is 18.2 Å². The van der Waals surface area contributed by atoms with Gasteiger partial charge in [0.2, 0.25) is 0 Å². The lowest BCUT2D eigenvalue weighted by Gasteiger charge is -2.08. The Hall–Kier alpha value is -1.83. The fraction of sp³-hybridized carbons (Fsp3) is 0.267. The van der Waals surface area contributed by atoms with Crippen LogP contribution in [-0.4, -0.2) is 4.98 Å². The fourth-order valence-corrected chi connectivity index (χ4v) is 2.08. The second kappa shape index (κ2) is 4.21. The molecule has 3 rings (SSSR count). The molecule has 0 aliphatic heterocycles. The van der Waals surface area contributed by atoms with E-state index in [1.54, 1.807) is 0 Å². The van der Waals surface area contributed by atoms with E-state index < -0.39 is 0 Å². The van der Waals surface area contributed by atoms with Gasteiger partial charge in [0.1, 0.15) is 5.82 Å². The topological polar surface area (TPSA) is 24.9 Å². The molecule has 0 amide bonds. The van der Waals surface area contributed by atoms with Gasteiger partial charge in [0, 0.05) is 11.4 Å². The summed E-state index contributed by atoms with van der Waals surface area (Å²) in [6.07, 6.45) is 2.66. The first-order chi connectivity index (χ1) is 8.31. The lowest BCUT2D eigenvalue weighted by atomic mass is 10.1. The van der Waals surface area contributed by atoms with Gasteiger partial charge in [0.25, 0.3) is 0 Å². The lowest BCUT2D eigenvalue weighted by Crippen LogP contribution is -1.96. The Bertz CT molecular complexity index is 516. The fourth-order valence-electron chi connectivity index (χ4n) is 2.08. The van der Waals surface area contributed by atoms with Crippen LogP contribution < -0.4 is 5.32 Å². The molecule has 1 fully saturated rings. The highest BCUT2D eigenvalue weighted by Gasteiger charge is 2.24. The van der Waals surface area contributed by atoms with E-state index in [0.717, 1.165) is 23.1 Å². The number of aromatic nitrogens is 1. The lowest BCUT2D eigenvalue weighted by molar-refractivity contribution is 1.08. The molecular formula is C15H16N2. The molecule has 1 aliphatic rings. The molecule has 0 unspecified atom stereocenters. The molecule has 2 heteroatoms. The van der Waals surface area contributed by atoms with Gasteiger partial charge in [-0.15, -0.1) is 0 Å². The molecule has 0 saturated heterocycles. The van der Waals surface area contributed by atoms with E-state index in [2.05, 4.69) is 41.5 Å². The van der Waals surface area contributed by atoms with Gasteiger partial charge in [0.15, 0.2) is 0 Å². The number of hydrogen-bond acceptors (Lipinski definition) is 2. The maximum Gasteiger partial charge on any atom is 0.130 e. The number of pyridine rings is 1. The van der Waals surface area contributed by atoms with Crippen LogP contribution in [0, 0.1) is 6.92 Å². The van der Waals surface area contributed by atoms with Crippen LogP contribution in [0.1, 0.15) is 30.0 Å². The molecule has 0 radical (unpaired) electrons. The number of hydrogen-bond donors (Lipinski definition) is 1. The summed E-state index contributed by atoms with van der Waals surface area (Å²) in [5, 5.41) is 3.36. The van der Waals surface area contributed by atoms with Crippen LogP contribution in [0.25, 0.3) is 0 Å². The van der Waals surface area contributed by atoms with Crippen LogP contribution in [0.2, 0.25) is 0 Å². The van der Waals surface area contributed by atoms with Gasteiger partial charge < -0.3 is 5.32 Å². The molecule has 0 atom stereocenters. The maximum absolute atomic E-state index is 4.53. The predicted octanol–water partition coefficient (Wildman–Crippen LogP) is 4.01. The van der Waals surface area contributed by atoms with E-state index in [1.165, 1.54) is 18.4 Å². The molecule has 86 valence electrons. The summed E-state index contributed by atoms with van der Waals surface area (Å²) >= 11 is 0. The molecule has 2 aromatic rings. The number of nitrogens with one attached hydrogen (secondary N) is 1. The summed E-state index contributed by atoms with van der Waals surface area (Å²) in [4.78, 5) is 4.53. The van der Waals surface area contributed by atoms with E-state index in [0.29, 0.717) is 0 Å². The van der Waals surface area contributed by atoms with Crippen molar-refractivity contribution in [2.24, 2.45) is 0 Å². The number of para-hydroxylation sites is 1. The Balaban J connectivity index is 1.87. The molecule has 1 N–H and O–H groups in total. The van der Waals surface area contributed by atoms with Crippen LogP contribution in [0.4, 0.5) is 11.5 Å². The minimum absolute atomic E-state index is 0.771. The first-order valence-electron chi connectivity index (χ1n) is 6.12. The second-order valence-corrected chi connectivity index (χ2v) is 4.69. The summed E-state index contributed by atoms with van der Waals surface area (Å²) in [7, 11) is 0. The van der Waals surface area contributed by atoms with Crippen molar-refractivity contribution in [1.82, 2.24) is 4.98 Å². The summed E-state index contributed by atoms with van der Waals surface area (Å²) in [6, 6.07) is 14.6. The minimum atomic E-state index is 0.771. The molecule has 1 aromatic heterocycles. The van der Waals surface area contributed by atoms with Crippen molar-refractivity contribution in [2.45, 2.75) is 25.7 Å². The van der Waals surface area contributed by atoms with Crippen LogP contribution in [0.5, 0.6) is 0 Å². The number of anilines is 2.